The molecule has 0 radical (unpaired) electrons. The summed E-state index contributed by atoms with van der Waals surface area (Å²) in [6.07, 6.45) is 3.05. The summed E-state index contributed by atoms with van der Waals surface area (Å²) in [6, 6.07) is 1.92. The van der Waals surface area contributed by atoms with E-state index in [0.29, 0.717) is 0 Å². The number of carbonyl (C=O) groups is 1. The number of aryl methyl sites for hydroxylation is 1. The van der Waals surface area contributed by atoms with Gasteiger partial charge in [0.15, 0.2) is 0 Å². The third-order valence-corrected chi connectivity index (χ3v) is 2.44. The third-order valence-electron chi connectivity index (χ3n) is 1.68. The summed E-state index contributed by atoms with van der Waals surface area (Å²) in [6.45, 7) is 1.99. The molecule has 0 spiro atoms. The molecule has 0 N–H and O–H groups in total. The molecule has 1 aromatic rings. The predicted molar refractivity (Wildman–Crippen MR) is 55.9 cm³/mol. The monoisotopic (exact) mass is 212 g/mol. The van der Waals surface area contributed by atoms with Crippen molar-refractivity contribution >= 4 is 17.7 Å². The maximum atomic E-state index is 10.7. The van der Waals surface area contributed by atoms with Crippen LogP contribution < -0.4 is 0 Å². The van der Waals surface area contributed by atoms with Crippen molar-refractivity contribution in [1.29, 1.82) is 0 Å². The topological polar surface area (TPSA) is 39.4 Å². The Kier molecular flexibility index (Phi) is 4.32. The Morgan fingerprint density at radius 3 is 3.07 bits per heavy atom. The van der Waals surface area contributed by atoms with Gasteiger partial charge in [0, 0.05) is 6.08 Å². The molecule has 14 heavy (non-hydrogen) atoms. The van der Waals surface area contributed by atoms with E-state index >= 15 is 0 Å². The van der Waals surface area contributed by atoms with E-state index in [0.717, 1.165) is 17.1 Å². The minimum absolute atomic E-state index is 0.339. The lowest BCUT2D eigenvalue weighted by Crippen LogP contribution is -1.92. The lowest BCUT2D eigenvalue weighted by molar-refractivity contribution is -0.134. The molecule has 1 rings (SSSR count). The number of rotatable bonds is 4. The van der Waals surface area contributed by atoms with Gasteiger partial charge in [-0.05, 0) is 24.0 Å². The van der Waals surface area contributed by atoms with Crippen LogP contribution in [0.5, 0.6) is 0 Å². The fourth-order valence-electron chi connectivity index (χ4n) is 0.847. The minimum Gasteiger partial charge on any atom is -0.468 e. The quantitative estimate of drug-likeness (QED) is 0.568. The molecule has 0 bridgehead atoms. The Labute approximate surface area is 87.1 Å². The van der Waals surface area contributed by atoms with Crippen LogP contribution in [0.2, 0.25) is 0 Å². The molecule has 76 valence electrons. The molecule has 3 nitrogen and oxygen atoms in total. The summed E-state index contributed by atoms with van der Waals surface area (Å²) >= 11 is 1.49. The molecular formula is C10H12O3S. The Bertz CT molecular complexity index is 328. The smallest absolute Gasteiger partial charge is 0.330 e. The summed E-state index contributed by atoms with van der Waals surface area (Å²) in [7, 11) is 1.36. The van der Waals surface area contributed by atoms with Gasteiger partial charge < -0.3 is 9.15 Å². The number of carbonyl (C=O) groups excluding carboxylic acids is 1. The highest BCUT2D eigenvalue weighted by molar-refractivity contribution is 8.01. The molecule has 1 heterocycles. The van der Waals surface area contributed by atoms with Crippen LogP contribution in [0.3, 0.4) is 0 Å². The van der Waals surface area contributed by atoms with Gasteiger partial charge in [0.1, 0.15) is 5.76 Å². The van der Waals surface area contributed by atoms with Crippen LogP contribution in [-0.4, -0.2) is 13.1 Å². The summed E-state index contributed by atoms with van der Waals surface area (Å²) in [5.74, 6) is 1.32. The van der Waals surface area contributed by atoms with Gasteiger partial charge in [-0.1, -0.05) is 0 Å². The largest absolute Gasteiger partial charge is 0.468 e. The van der Waals surface area contributed by atoms with Crippen LogP contribution in [-0.2, 0) is 15.3 Å². The lowest BCUT2D eigenvalue weighted by atomic mass is 10.3. The average molecular weight is 212 g/mol. The van der Waals surface area contributed by atoms with E-state index in [1.165, 1.54) is 24.9 Å². The molecule has 0 aliphatic heterocycles. The molecule has 0 aromatic carbocycles. The summed E-state index contributed by atoms with van der Waals surface area (Å²) in [4.78, 5) is 10.7. The first-order chi connectivity index (χ1) is 6.74. The number of esters is 1. The van der Waals surface area contributed by atoms with Crippen LogP contribution in [0, 0.1) is 6.92 Å². The maximum absolute atomic E-state index is 10.7. The molecule has 0 saturated carbocycles. The van der Waals surface area contributed by atoms with Gasteiger partial charge in [-0.15, -0.1) is 11.8 Å². The fourth-order valence-corrected chi connectivity index (χ4v) is 1.60. The fraction of sp³-hybridized carbons (Fsp3) is 0.300. The Hall–Kier alpha value is -1.16. The number of hydrogen-bond acceptors (Lipinski definition) is 4. The SMILES string of the molecule is COC(=O)/C=C/SCc1occc1C. The molecule has 0 saturated heterocycles. The number of furan rings is 1. The number of hydrogen-bond donors (Lipinski definition) is 0. The maximum Gasteiger partial charge on any atom is 0.330 e. The van der Waals surface area contributed by atoms with Gasteiger partial charge in [0.25, 0.3) is 0 Å². The van der Waals surface area contributed by atoms with E-state index in [-0.39, 0.29) is 5.97 Å². The third kappa shape index (κ3) is 3.30. The zero-order valence-electron chi connectivity index (χ0n) is 8.15. The lowest BCUT2D eigenvalue weighted by Gasteiger charge is -1.94. The van der Waals surface area contributed by atoms with E-state index in [2.05, 4.69) is 4.74 Å². The molecular weight excluding hydrogens is 200 g/mol. The van der Waals surface area contributed by atoms with Gasteiger partial charge in [0.05, 0.1) is 19.1 Å². The van der Waals surface area contributed by atoms with Gasteiger partial charge in [-0.2, -0.15) is 0 Å². The highest BCUT2D eigenvalue weighted by Gasteiger charge is 1.99. The van der Waals surface area contributed by atoms with Crippen molar-refractivity contribution in [3.05, 3.63) is 35.1 Å². The highest BCUT2D eigenvalue weighted by Crippen LogP contribution is 2.17. The van der Waals surface area contributed by atoms with Crippen LogP contribution in [0.15, 0.2) is 28.2 Å². The first-order valence-corrected chi connectivity index (χ1v) is 5.18. The van der Waals surface area contributed by atoms with E-state index in [1.807, 2.05) is 13.0 Å². The first kappa shape index (κ1) is 10.9. The number of ether oxygens (including phenoxy) is 1. The van der Waals surface area contributed by atoms with Crippen LogP contribution in [0.25, 0.3) is 0 Å². The van der Waals surface area contributed by atoms with Crippen molar-refractivity contribution in [2.24, 2.45) is 0 Å². The predicted octanol–water partition coefficient (Wildman–Crippen LogP) is 2.51. The van der Waals surface area contributed by atoms with Gasteiger partial charge in [0.2, 0.25) is 0 Å². The van der Waals surface area contributed by atoms with Crippen LogP contribution in [0.1, 0.15) is 11.3 Å². The van der Waals surface area contributed by atoms with E-state index in [4.69, 9.17) is 4.42 Å². The van der Waals surface area contributed by atoms with Crippen molar-refractivity contribution < 1.29 is 13.9 Å². The molecule has 4 heteroatoms. The van der Waals surface area contributed by atoms with Gasteiger partial charge in [-0.25, -0.2) is 4.79 Å². The molecule has 0 amide bonds. The summed E-state index contributed by atoms with van der Waals surface area (Å²) in [5.41, 5.74) is 1.13. The van der Waals surface area contributed by atoms with Crippen molar-refractivity contribution in [1.82, 2.24) is 0 Å². The second-order valence-corrected chi connectivity index (χ2v) is 3.56. The van der Waals surface area contributed by atoms with Crippen molar-refractivity contribution in [2.75, 3.05) is 7.11 Å². The normalized spacial score (nSPS) is 10.7. The van der Waals surface area contributed by atoms with E-state index in [9.17, 15) is 4.79 Å². The Morgan fingerprint density at radius 2 is 2.50 bits per heavy atom. The standard InChI is InChI=1S/C10H12O3S/c1-8-3-5-13-9(8)7-14-6-4-10(11)12-2/h3-6H,7H2,1-2H3/b6-4+. The molecule has 0 aliphatic carbocycles. The second-order valence-electron chi connectivity index (χ2n) is 2.66. The summed E-state index contributed by atoms with van der Waals surface area (Å²) < 4.78 is 9.68. The van der Waals surface area contributed by atoms with Crippen LogP contribution in [0.4, 0.5) is 0 Å². The molecule has 0 atom stereocenters. The van der Waals surface area contributed by atoms with Crippen LogP contribution >= 0.6 is 11.8 Å². The van der Waals surface area contributed by atoms with Gasteiger partial charge >= 0.3 is 5.97 Å². The van der Waals surface area contributed by atoms with Crippen molar-refractivity contribution in [3.8, 4) is 0 Å². The summed E-state index contributed by atoms with van der Waals surface area (Å²) in [5, 5.41) is 1.70. The van der Waals surface area contributed by atoms with E-state index < -0.39 is 0 Å². The number of methoxy groups -OCH3 is 1. The minimum atomic E-state index is -0.339. The zero-order chi connectivity index (χ0) is 10.4. The van der Waals surface area contributed by atoms with Gasteiger partial charge in [-0.3, -0.25) is 0 Å². The molecule has 1 aromatic heterocycles. The second kappa shape index (κ2) is 5.54. The Balaban J connectivity index is 2.32. The van der Waals surface area contributed by atoms with E-state index in [1.54, 1.807) is 11.7 Å². The average Bonchev–Trinajstić information content (AvgIpc) is 2.58. The molecule has 0 fully saturated rings. The first-order valence-electron chi connectivity index (χ1n) is 4.13. The zero-order valence-corrected chi connectivity index (χ0v) is 8.97. The Morgan fingerprint density at radius 1 is 1.71 bits per heavy atom. The molecule has 0 aliphatic rings. The van der Waals surface area contributed by atoms with Crippen molar-refractivity contribution in [3.63, 3.8) is 0 Å². The highest BCUT2D eigenvalue weighted by atomic mass is 32.2. The van der Waals surface area contributed by atoms with Crippen molar-refractivity contribution in [2.45, 2.75) is 12.7 Å². The number of thioether (sulfide) groups is 1. The molecule has 0 unspecified atom stereocenters.